The van der Waals surface area contributed by atoms with E-state index in [0.29, 0.717) is 17.1 Å². The largest absolute Gasteiger partial charge is 0.493 e. The third kappa shape index (κ3) is 3.39. The highest BCUT2D eigenvalue weighted by molar-refractivity contribution is 5.91. The Kier molecular flexibility index (Phi) is 5.33. The lowest BCUT2D eigenvalue weighted by molar-refractivity contribution is -0.142. The van der Waals surface area contributed by atoms with Crippen LogP contribution in [0, 0.1) is 0 Å². The van der Waals surface area contributed by atoms with Gasteiger partial charge >= 0.3 is 11.9 Å². The Morgan fingerprint density at radius 1 is 1.20 bits per heavy atom. The number of ether oxygens (including phenoxy) is 3. The molecule has 0 saturated carbocycles. The van der Waals surface area contributed by atoms with Crippen LogP contribution >= 0.6 is 0 Å². The van der Waals surface area contributed by atoms with Crippen molar-refractivity contribution in [1.29, 1.82) is 0 Å². The maximum atomic E-state index is 11.3. The second kappa shape index (κ2) is 6.76. The lowest BCUT2D eigenvalue weighted by Gasteiger charge is -2.15. The van der Waals surface area contributed by atoms with Gasteiger partial charge in [0.1, 0.15) is 6.04 Å². The molecule has 110 valence electrons. The number of methoxy groups -OCH3 is 3. The summed E-state index contributed by atoms with van der Waals surface area (Å²) in [5.41, 5.74) is 6.02. The van der Waals surface area contributed by atoms with E-state index in [1.54, 1.807) is 0 Å². The van der Waals surface area contributed by atoms with Gasteiger partial charge < -0.3 is 25.1 Å². The minimum Gasteiger partial charge on any atom is -0.493 e. The van der Waals surface area contributed by atoms with Crippen molar-refractivity contribution in [3.63, 3.8) is 0 Å². The molecule has 0 saturated heterocycles. The third-order valence-electron chi connectivity index (χ3n) is 2.78. The molecule has 0 fully saturated rings. The second-order valence-electron chi connectivity index (χ2n) is 4.00. The number of carbonyl (C=O) groups is 2. The fourth-order valence-electron chi connectivity index (χ4n) is 1.76. The summed E-state index contributed by atoms with van der Waals surface area (Å²) in [6.07, 6.45) is 0.0225. The number of carboxylic acid groups (broad SMARTS) is 1. The van der Waals surface area contributed by atoms with Crippen LogP contribution < -0.4 is 15.2 Å². The van der Waals surface area contributed by atoms with Gasteiger partial charge in [0.25, 0.3) is 0 Å². The van der Waals surface area contributed by atoms with Crippen molar-refractivity contribution < 1.29 is 28.9 Å². The van der Waals surface area contributed by atoms with E-state index in [1.165, 1.54) is 33.5 Å². The Morgan fingerprint density at radius 2 is 1.75 bits per heavy atom. The van der Waals surface area contributed by atoms with E-state index in [4.69, 9.17) is 15.2 Å². The molecule has 1 aromatic rings. The summed E-state index contributed by atoms with van der Waals surface area (Å²) < 4.78 is 14.7. The maximum Gasteiger partial charge on any atom is 0.336 e. The highest BCUT2D eigenvalue weighted by atomic mass is 16.5. The number of nitrogens with two attached hydrogens (primary N) is 1. The molecule has 7 heteroatoms. The molecule has 0 radical (unpaired) electrons. The van der Waals surface area contributed by atoms with E-state index in [-0.39, 0.29) is 12.0 Å². The summed E-state index contributed by atoms with van der Waals surface area (Å²) in [6, 6.07) is 1.88. The second-order valence-corrected chi connectivity index (χ2v) is 4.00. The Bertz CT molecular complexity index is 514. The van der Waals surface area contributed by atoms with Gasteiger partial charge in [-0.25, -0.2) is 4.79 Å². The van der Waals surface area contributed by atoms with Crippen molar-refractivity contribution in [2.75, 3.05) is 21.3 Å². The summed E-state index contributed by atoms with van der Waals surface area (Å²) in [5.74, 6) is -1.10. The van der Waals surface area contributed by atoms with E-state index in [0.717, 1.165) is 0 Å². The number of carboxylic acids is 1. The molecule has 7 nitrogen and oxygen atoms in total. The third-order valence-corrected chi connectivity index (χ3v) is 2.78. The van der Waals surface area contributed by atoms with Crippen molar-refractivity contribution in [2.45, 2.75) is 12.5 Å². The summed E-state index contributed by atoms with van der Waals surface area (Å²) in [5, 5.41) is 9.20. The van der Waals surface area contributed by atoms with E-state index >= 15 is 0 Å². The SMILES string of the molecule is COC(=O)[C@@H](N)Cc1cc(OC)c(OC)cc1C(=O)O. The van der Waals surface area contributed by atoms with Crippen LogP contribution in [0.5, 0.6) is 11.5 Å². The van der Waals surface area contributed by atoms with Crippen molar-refractivity contribution in [2.24, 2.45) is 5.73 Å². The topological polar surface area (TPSA) is 108 Å². The lowest BCUT2D eigenvalue weighted by atomic mass is 9.99. The molecule has 3 N–H and O–H groups in total. The molecule has 1 aromatic carbocycles. The zero-order valence-corrected chi connectivity index (χ0v) is 11.5. The molecule has 0 spiro atoms. The Labute approximate surface area is 116 Å². The molecule has 0 aliphatic heterocycles. The van der Waals surface area contributed by atoms with Gasteiger partial charge in [-0.15, -0.1) is 0 Å². The average molecular weight is 283 g/mol. The van der Waals surface area contributed by atoms with Crippen LogP contribution in [0.4, 0.5) is 0 Å². The van der Waals surface area contributed by atoms with E-state index in [1.807, 2.05) is 0 Å². The first-order chi connectivity index (χ1) is 9.44. The van der Waals surface area contributed by atoms with Crippen LogP contribution in [-0.4, -0.2) is 44.4 Å². The van der Waals surface area contributed by atoms with Gasteiger partial charge in [-0.05, 0) is 24.1 Å². The Morgan fingerprint density at radius 3 is 2.20 bits per heavy atom. The highest BCUT2D eigenvalue weighted by Crippen LogP contribution is 2.31. The van der Waals surface area contributed by atoms with Crippen molar-refractivity contribution in [3.8, 4) is 11.5 Å². The standard InChI is InChI=1S/C13H17NO6/c1-18-10-5-7(4-9(14)13(17)20-3)8(12(15)16)6-11(10)19-2/h5-6,9H,4,14H2,1-3H3,(H,15,16)/t9-/m0/s1. The summed E-state index contributed by atoms with van der Waals surface area (Å²) in [6.45, 7) is 0. The number of carbonyl (C=O) groups excluding carboxylic acids is 1. The number of benzene rings is 1. The van der Waals surface area contributed by atoms with Crippen LogP contribution in [0.3, 0.4) is 0 Å². The monoisotopic (exact) mass is 283 g/mol. The minimum atomic E-state index is -1.14. The molecule has 0 aliphatic carbocycles. The van der Waals surface area contributed by atoms with Gasteiger partial charge in [-0.3, -0.25) is 4.79 Å². The molecule has 0 heterocycles. The number of aromatic carboxylic acids is 1. The average Bonchev–Trinajstić information content (AvgIpc) is 2.45. The van der Waals surface area contributed by atoms with Gasteiger partial charge in [-0.2, -0.15) is 0 Å². The summed E-state index contributed by atoms with van der Waals surface area (Å²) in [7, 11) is 4.06. The number of esters is 1. The van der Waals surface area contributed by atoms with Crippen LogP contribution in [0.1, 0.15) is 15.9 Å². The van der Waals surface area contributed by atoms with Crippen LogP contribution in [-0.2, 0) is 16.0 Å². The molecule has 20 heavy (non-hydrogen) atoms. The van der Waals surface area contributed by atoms with Crippen LogP contribution in [0.2, 0.25) is 0 Å². The van der Waals surface area contributed by atoms with Gasteiger partial charge in [-0.1, -0.05) is 0 Å². The molecule has 0 bridgehead atoms. The zero-order chi connectivity index (χ0) is 15.3. The summed E-state index contributed by atoms with van der Waals surface area (Å²) >= 11 is 0. The number of rotatable bonds is 6. The van der Waals surface area contributed by atoms with E-state index in [2.05, 4.69) is 4.74 Å². The number of hydrogen-bond acceptors (Lipinski definition) is 6. The molecule has 1 rings (SSSR count). The Hall–Kier alpha value is -2.28. The maximum absolute atomic E-state index is 11.3. The van der Waals surface area contributed by atoms with Gasteiger partial charge in [0.15, 0.2) is 11.5 Å². The Balaban J connectivity index is 3.22. The first-order valence-corrected chi connectivity index (χ1v) is 5.76. The van der Waals surface area contributed by atoms with Crippen LogP contribution in [0.25, 0.3) is 0 Å². The summed E-state index contributed by atoms with van der Waals surface area (Å²) in [4.78, 5) is 22.6. The van der Waals surface area contributed by atoms with E-state index in [9.17, 15) is 14.7 Å². The predicted octanol–water partition coefficient (Wildman–Crippen LogP) is 0.445. The predicted molar refractivity (Wildman–Crippen MR) is 70.2 cm³/mol. The first-order valence-electron chi connectivity index (χ1n) is 5.76. The van der Waals surface area contributed by atoms with Gasteiger partial charge in [0.2, 0.25) is 0 Å². The number of hydrogen-bond donors (Lipinski definition) is 2. The normalized spacial score (nSPS) is 11.6. The molecule has 1 atom stereocenters. The van der Waals surface area contributed by atoms with Gasteiger partial charge in [0, 0.05) is 0 Å². The fraction of sp³-hybridized carbons (Fsp3) is 0.385. The van der Waals surface area contributed by atoms with Crippen LogP contribution in [0.15, 0.2) is 12.1 Å². The first kappa shape index (κ1) is 15.8. The van der Waals surface area contributed by atoms with Gasteiger partial charge in [0.05, 0.1) is 26.9 Å². The van der Waals surface area contributed by atoms with Crippen molar-refractivity contribution >= 4 is 11.9 Å². The zero-order valence-electron chi connectivity index (χ0n) is 11.5. The molecular formula is C13H17NO6. The molecule has 0 aromatic heterocycles. The molecular weight excluding hydrogens is 266 g/mol. The molecule has 0 aliphatic rings. The minimum absolute atomic E-state index is 0.00185. The van der Waals surface area contributed by atoms with E-state index < -0.39 is 18.0 Å². The van der Waals surface area contributed by atoms with Crippen molar-refractivity contribution in [3.05, 3.63) is 23.3 Å². The lowest BCUT2D eigenvalue weighted by Crippen LogP contribution is -2.34. The molecule has 0 amide bonds. The molecule has 0 unspecified atom stereocenters. The fourth-order valence-corrected chi connectivity index (χ4v) is 1.76. The quantitative estimate of drug-likeness (QED) is 0.729. The van der Waals surface area contributed by atoms with Crippen molar-refractivity contribution in [1.82, 2.24) is 0 Å². The smallest absolute Gasteiger partial charge is 0.336 e. The highest BCUT2D eigenvalue weighted by Gasteiger charge is 2.21.